The van der Waals surface area contributed by atoms with Crippen molar-refractivity contribution in [2.24, 2.45) is 0 Å². The van der Waals surface area contributed by atoms with E-state index < -0.39 is 0 Å². The number of ether oxygens (including phenoxy) is 1. The molecule has 0 saturated heterocycles. The van der Waals surface area contributed by atoms with E-state index in [-0.39, 0.29) is 23.3 Å². The van der Waals surface area contributed by atoms with Crippen LogP contribution < -0.4 is 10.1 Å². The fourth-order valence-electron chi connectivity index (χ4n) is 1.73. The molecular weight excluding hydrogens is 282 g/mol. The van der Waals surface area contributed by atoms with Gasteiger partial charge in [-0.1, -0.05) is 0 Å². The first-order valence-electron chi connectivity index (χ1n) is 6.06. The topological polar surface area (TPSA) is 71.7 Å². The standard InChI is InChI=1S/C14H14ClNO4/c1-2-19-12-4-3-10(7-9(12)8-17)16-14(18)11-5-6-20-13(11)15/h3-7,17H,2,8H2,1H3,(H,16,18). The molecule has 0 bridgehead atoms. The van der Waals surface area contributed by atoms with Crippen LogP contribution in [0.15, 0.2) is 34.9 Å². The molecule has 0 aliphatic carbocycles. The van der Waals surface area contributed by atoms with Crippen LogP contribution in [-0.2, 0) is 6.61 Å². The van der Waals surface area contributed by atoms with Crippen LogP contribution in [-0.4, -0.2) is 17.6 Å². The van der Waals surface area contributed by atoms with Crippen molar-refractivity contribution in [3.63, 3.8) is 0 Å². The second-order valence-corrected chi connectivity index (χ2v) is 4.32. The van der Waals surface area contributed by atoms with Crippen molar-refractivity contribution in [1.82, 2.24) is 0 Å². The zero-order chi connectivity index (χ0) is 14.5. The van der Waals surface area contributed by atoms with Crippen molar-refractivity contribution in [2.75, 3.05) is 11.9 Å². The third-order valence-electron chi connectivity index (χ3n) is 2.65. The summed E-state index contributed by atoms with van der Waals surface area (Å²) in [7, 11) is 0. The van der Waals surface area contributed by atoms with Crippen LogP contribution in [0.1, 0.15) is 22.8 Å². The van der Waals surface area contributed by atoms with Gasteiger partial charge in [0.15, 0.2) is 0 Å². The van der Waals surface area contributed by atoms with Crippen molar-refractivity contribution in [3.8, 4) is 5.75 Å². The maximum Gasteiger partial charge on any atom is 0.260 e. The predicted molar refractivity (Wildman–Crippen MR) is 75.2 cm³/mol. The second-order valence-electron chi connectivity index (χ2n) is 3.98. The van der Waals surface area contributed by atoms with Crippen molar-refractivity contribution in [3.05, 3.63) is 46.9 Å². The van der Waals surface area contributed by atoms with E-state index in [9.17, 15) is 9.90 Å². The molecule has 0 aliphatic rings. The Morgan fingerprint density at radius 2 is 2.25 bits per heavy atom. The molecule has 106 valence electrons. The van der Waals surface area contributed by atoms with E-state index in [1.165, 1.54) is 12.3 Å². The Balaban J connectivity index is 2.18. The number of amides is 1. The van der Waals surface area contributed by atoms with Gasteiger partial charge in [0.1, 0.15) is 5.75 Å². The van der Waals surface area contributed by atoms with Crippen LogP contribution in [0, 0.1) is 0 Å². The van der Waals surface area contributed by atoms with Crippen molar-refractivity contribution in [2.45, 2.75) is 13.5 Å². The normalized spacial score (nSPS) is 10.3. The molecule has 2 aromatic rings. The molecule has 0 saturated carbocycles. The quantitative estimate of drug-likeness (QED) is 0.889. The maximum atomic E-state index is 12.0. The number of hydrogen-bond donors (Lipinski definition) is 2. The lowest BCUT2D eigenvalue weighted by Crippen LogP contribution is -2.11. The number of aliphatic hydroxyl groups excluding tert-OH is 1. The van der Waals surface area contributed by atoms with Gasteiger partial charge in [-0.3, -0.25) is 4.79 Å². The van der Waals surface area contributed by atoms with Crippen LogP contribution in [0.25, 0.3) is 0 Å². The molecule has 0 aliphatic heterocycles. The van der Waals surface area contributed by atoms with E-state index in [0.717, 1.165) is 0 Å². The van der Waals surface area contributed by atoms with Gasteiger partial charge in [-0.25, -0.2) is 0 Å². The molecule has 0 spiro atoms. The molecule has 1 aromatic carbocycles. The Morgan fingerprint density at radius 3 is 2.85 bits per heavy atom. The molecule has 2 rings (SSSR count). The van der Waals surface area contributed by atoms with E-state index in [1.54, 1.807) is 18.2 Å². The van der Waals surface area contributed by atoms with Crippen LogP contribution in [0.5, 0.6) is 5.75 Å². The summed E-state index contributed by atoms with van der Waals surface area (Å²) in [5.74, 6) is 0.214. The fourth-order valence-corrected chi connectivity index (χ4v) is 1.93. The Bertz CT molecular complexity index is 609. The number of aliphatic hydroxyl groups is 1. The summed E-state index contributed by atoms with van der Waals surface area (Å²) < 4.78 is 10.2. The minimum Gasteiger partial charge on any atom is -0.494 e. The summed E-state index contributed by atoms with van der Waals surface area (Å²) in [6.45, 7) is 2.19. The van der Waals surface area contributed by atoms with Crippen LogP contribution in [0.3, 0.4) is 0 Å². The number of carbonyl (C=O) groups excluding carboxylic acids is 1. The van der Waals surface area contributed by atoms with E-state index in [2.05, 4.69) is 5.32 Å². The number of furan rings is 1. The van der Waals surface area contributed by atoms with E-state index in [0.29, 0.717) is 23.6 Å². The number of nitrogens with one attached hydrogen (secondary N) is 1. The highest BCUT2D eigenvalue weighted by Crippen LogP contribution is 2.24. The third-order valence-corrected chi connectivity index (χ3v) is 2.94. The number of carbonyl (C=O) groups is 1. The van der Waals surface area contributed by atoms with Crippen LogP contribution in [0.2, 0.25) is 5.22 Å². The summed E-state index contributed by atoms with van der Waals surface area (Å²) in [6, 6.07) is 6.52. The Labute approximate surface area is 121 Å². The second kappa shape index (κ2) is 6.45. The monoisotopic (exact) mass is 295 g/mol. The molecule has 0 fully saturated rings. The maximum absolute atomic E-state index is 12.0. The first-order valence-corrected chi connectivity index (χ1v) is 6.44. The molecule has 0 unspecified atom stereocenters. The number of halogens is 1. The molecule has 0 atom stereocenters. The molecular formula is C14H14ClNO4. The van der Waals surface area contributed by atoms with Gasteiger partial charge >= 0.3 is 0 Å². The van der Waals surface area contributed by atoms with Crippen molar-refractivity contribution >= 4 is 23.2 Å². The van der Waals surface area contributed by atoms with Gasteiger partial charge in [-0.15, -0.1) is 0 Å². The molecule has 5 nitrogen and oxygen atoms in total. The Morgan fingerprint density at radius 1 is 1.45 bits per heavy atom. The molecule has 1 heterocycles. The highest BCUT2D eigenvalue weighted by atomic mass is 35.5. The lowest BCUT2D eigenvalue weighted by molar-refractivity contribution is 0.102. The highest BCUT2D eigenvalue weighted by Gasteiger charge is 2.14. The summed E-state index contributed by atoms with van der Waals surface area (Å²) in [5.41, 5.74) is 1.40. The van der Waals surface area contributed by atoms with E-state index >= 15 is 0 Å². The van der Waals surface area contributed by atoms with Gasteiger partial charge in [0.05, 0.1) is 25.0 Å². The average Bonchev–Trinajstić information content (AvgIpc) is 2.87. The highest BCUT2D eigenvalue weighted by molar-refractivity contribution is 6.32. The van der Waals surface area contributed by atoms with Gasteiger partial charge in [0.25, 0.3) is 5.91 Å². The van der Waals surface area contributed by atoms with Crippen LogP contribution >= 0.6 is 11.6 Å². The number of rotatable bonds is 5. The largest absolute Gasteiger partial charge is 0.494 e. The number of hydrogen-bond acceptors (Lipinski definition) is 4. The van der Waals surface area contributed by atoms with Gasteiger partial charge < -0.3 is 19.6 Å². The molecule has 1 aromatic heterocycles. The van der Waals surface area contributed by atoms with Gasteiger partial charge in [-0.2, -0.15) is 0 Å². The summed E-state index contributed by atoms with van der Waals surface area (Å²) in [6.07, 6.45) is 1.34. The lowest BCUT2D eigenvalue weighted by Gasteiger charge is -2.11. The molecule has 1 amide bonds. The van der Waals surface area contributed by atoms with Gasteiger partial charge in [0, 0.05) is 11.3 Å². The van der Waals surface area contributed by atoms with Crippen molar-refractivity contribution in [1.29, 1.82) is 0 Å². The molecule has 0 radical (unpaired) electrons. The Kier molecular flexibility index (Phi) is 4.65. The van der Waals surface area contributed by atoms with E-state index in [4.69, 9.17) is 20.8 Å². The number of benzene rings is 1. The molecule has 6 heteroatoms. The average molecular weight is 296 g/mol. The first kappa shape index (κ1) is 14.4. The van der Waals surface area contributed by atoms with Crippen molar-refractivity contribution < 1.29 is 19.1 Å². The first-order chi connectivity index (χ1) is 9.65. The molecule has 2 N–H and O–H groups in total. The van der Waals surface area contributed by atoms with E-state index in [1.807, 2.05) is 6.92 Å². The fraction of sp³-hybridized carbons (Fsp3) is 0.214. The minimum atomic E-state index is -0.378. The summed E-state index contributed by atoms with van der Waals surface area (Å²) in [5, 5.41) is 12.0. The van der Waals surface area contributed by atoms with Gasteiger partial charge in [0.2, 0.25) is 5.22 Å². The Hall–Kier alpha value is -1.98. The summed E-state index contributed by atoms with van der Waals surface area (Å²) in [4.78, 5) is 12.0. The lowest BCUT2D eigenvalue weighted by atomic mass is 10.2. The predicted octanol–water partition coefficient (Wildman–Crippen LogP) is 3.08. The zero-order valence-corrected chi connectivity index (χ0v) is 11.6. The molecule has 20 heavy (non-hydrogen) atoms. The minimum absolute atomic E-state index is 0.0378. The number of anilines is 1. The third kappa shape index (κ3) is 3.12. The summed E-state index contributed by atoms with van der Waals surface area (Å²) >= 11 is 5.74. The smallest absolute Gasteiger partial charge is 0.260 e. The SMILES string of the molecule is CCOc1ccc(NC(=O)c2ccoc2Cl)cc1CO. The van der Waals surface area contributed by atoms with Crippen LogP contribution in [0.4, 0.5) is 5.69 Å². The zero-order valence-electron chi connectivity index (χ0n) is 10.9. The van der Waals surface area contributed by atoms with Gasteiger partial charge in [-0.05, 0) is 42.8 Å².